The highest BCUT2D eigenvalue weighted by atomic mass is 19.1. The maximum atomic E-state index is 13.2. The zero-order chi connectivity index (χ0) is 12.3. The van der Waals surface area contributed by atoms with Crippen LogP contribution in [0, 0.1) is 5.82 Å². The van der Waals surface area contributed by atoms with Gasteiger partial charge in [0.2, 0.25) is 0 Å². The average Bonchev–Trinajstić information content (AvgIpc) is 2.73. The SMILES string of the molecule is O=C1N[C@@H](CNC(=O)c2ccccc2F)CO1. The first kappa shape index (κ1) is 11.4. The molecular formula is C11H11FN2O3. The Labute approximate surface area is 97.0 Å². The molecule has 6 heteroatoms. The van der Waals surface area contributed by atoms with Crippen LogP contribution in [0.25, 0.3) is 0 Å². The number of rotatable bonds is 3. The van der Waals surface area contributed by atoms with Gasteiger partial charge in [0, 0.05) is 6.54 Å². The number of amides is 2. The van der Waals surface area contributed by atoms with Crippen molar-refractivity contribution in [1.29, 1.82) is 0 Å². The molecule has 1 aromatic carbocycles. The van der Waals surface area contributed by atoms with Crippen molar-refractivity contribution in [3.63, 3.8) is 0 Å². The summed E-state index contributed by atoms with van der Waals surface area (Å²) in [5.74, 6) is -1.08. The molecule has 2 rings (SSSR count). The standard InChI is InChI=1S/C11H11FN2O3/c12-9-4-2-1-3-8(9)10(15)13-5-7-6-17-11(16)14-7/h1-4,7H,5-6H2,(H,13,15)(H,14,16)/t7-/m0/s1. The number of hydrogen-bond acceptors (Lipinski definition) is 3. The molecule has 2 N–H and O–H groups in total. The van der Waals surface area contributed by atoms with E-state index in [1.54, 1.807) is 6.07 Å². The van der Waals surface area contributed by atoms with Gasteiger partial charge in [-0.2, -0.15) is 0 Å². The summed E-state index contributed by atoms with van der Waals surface area (Å²) in [6, 6.07) is 5.44. The van der Waals surface area contributed by atoms with E-state index in [0.717, 1.165) is 0 Å². The van der Waals surface area contributed by atoms with Crippen molar-refractivity contribution in [2.24, 2.45) is 0 Å². The Balaban J connectivity index is 1.90. The zero-order valence-corrected chi connectivity index (χ0v) is 8.90. The Morgan fingerprint density at radius 2 is 2.29 bits per heavy atom. The van der Waals surface area contributed by atoms with Gasteiger partial charge in [0.25, 0.3) is 5.91 Å². The Bertz CT molecular complexity index is 450. The molecule has 0 radical (unpaired) electrons. The van der Waals surface area contributed by atoms with E-state index in [-0.39, 0.29) is 24.8 Å². The van der Waals surface area contributed by atoms with Gasteiger partial charge in [-0.05, 0) is 12.1 Å². The molecule has 5 nitrogen and oxygen atoms in total. The lowest BCUT2D eigenvalue weighted by molar-refractivity contribution is 0.0945. The minimum absolute atomic E-state index is 0.0160. The van der Waals surface area contributed by atoms with Gasteiger partial charge < -0.3 is 15.4 Å². The Hall–Kier alpha value is -2.11. The quantitative estimate of drug-likeness (QED) is 0.813. The van der Waals surface area contributed by atoms with E-state index in [9.17, 15) is 14.0 Å². The molecule has 2 amide bonds. The third-order valence-electron chi connectivity index (χ3n) is 2.37. The van der Waals surface area contributed by atoms with Gasteiger partial charge in [-0.3, -0.25) is 4.79 Å². The molecule has 1 aliphatic heterocycles. The number of nitrogens with one attached hydrogen (secondary N) is 2. The third kappa shape index (κ3) is 2.72. The lowest BCUT2D eigenvalue weighted by atomic mass is 10.2. The molecule has 1 heterocycles. The fraction of sp³-hybridized carbons (Fsp3) is 0.273. The van der Waals surface area contributed by atoms with Crippen LogP contribution in [0.4, 0.5) is 9.18 Å². The van der Waals surface area contributed by atoms with Crippen LogP contribution in [0.5, 0.6) is 0 Å². The van der Waals surface area contributed by atoms with Gasteiger partial charge in [0.05, 0.1) is 11.6 Å². The van der Waals surface area contributed by atoms with Crippen LogP contribution in [0.15, 0.2) is 24.3 Å². The van der Waals surface area contributed by atoms with Crippen LogP contribution >= 0.6 is 0 Å². The van der Waals surface area contributed by atoms with E-state index in [0.29, 0.717) is 0 Å². The van der Waals surface area contributed by atoms with Crippen LogP contribution in [0.3, 0.4) is 0 Å². The van der Waals surface area contributed by atoms with Crippen LogP contribution < -0.4 is 10.6 Å². The summed E-state index contributed by atoms with van der Waals surface area (Å²) < 4.78 is 17.9. The highest BCUT2D eigenvalue weighted by molar-refractivity contribution is 5.94. The molecule has 1 atom stereocenters. The number of hydrogen-bond donors (Lipinski definition) is 2. The predicted molar refractivity (Wildman–Crippen MR) is 57.0 cm³/mol. The van der Waals surface area contributed by atoms with Crippen molar-refractivity contribution >= 4 is 12.0 Å². The fourth-order valence-corrected chi connectivity index (χ4v) is 1.49. The van der Waals surface area contributed by atoms with E-state index in [2.05, 4.69) is 15.4 Å². The van der Waals surface area contributed by atoms with Crippen molar-refractivity contribution in [1.82, 2.24) is 10.6 Å². The van der Waals surface area contributed by atoms with Crippen LogP contribution in [0.2, 0.25) is 0 Å². The molecule has 0 aromatic heterocycles. The molecule has 0 saturated carbocycles. The number of cyclic esters (lactones) is 1. The molecule has 1 aromatic rings. The third-order valence-corrected chi connectivity index (χ3v) is 2.37. The lowest BCUT2D eigenvalue weighted by Crippen LogP contribution is -2.39. The Kier molecular flexibility index (Phi) is 3.22. The number of halogens is 1. The van der Waals surface area contributed by atoms with Crippen LogP contribution in [-0.2, 0) is 4.74 Å². The molecule has 0 unspecified atom stereocenters. The summed E-state index contributed by atoms with van der Waals surface area (Å²) in [7, 11) is 0. The monoisotopic (exact) mass is 238 g/mol. The van der Waals surface area contributed by atoms with Gasteiger partial charge in [0.1, 0.15) is 12.4 Å². The number of benzene rings is 1. The number of carbonyl (C=O) groups excluding carboxylic acids is 2. The molecular weight excluding hydrogens is 227 g/mol. The molecule has 0 bridgehead atoms. The summed E-state index contributed by atoms with van der Waals surface area (Å²) >= 11 is 0. The van der Waals surface area contributed by atoms with E-state index < -0.39 is 17.8 Å². The molecule has 17 heavy (non-hydrogen) atoms. The van der Waals surface area contributed by atoms with Gasteiger partial charge in [-0.1, -0.05) is 12.1 Å². The van der Waals surface area contributed by atoms with E-state index in [4.69, 9.17) is 0 Å². The highest BCUT2D eigenvalue weighted by Gasteiger charge is 2.22. The molecule has 1 aliphatic rings. The summed E-state index contributed by atoms with van der Waals surface area (Å²) in [6.45, 7) is 0.412. The molecule has 1 fully saturated rings. The van der Waals surface area contributed by atoms with Gasteiger partial charge in [-0.25, -0.2) is 9.18 Å². The van der Waals surface area contributed by atoms with Gasteiger partial charge in [-0.15, -0.1) is 0 Å². The Morgan fingerprint density at radius 1 is 1.53 bits per heavy atom. The van der Waals surface area contributed by atoms with Crippen molar-refractivity contribution in [2.45, 2.75) is 6.04 Å². The van der Waals surface area contributed by atoms with E-state index >= 15 is 0 Å². The normalized spacial score (nSPS) is 18.4. The van der Waals surface area contributed by atoms with Crippen LogP contribution in [0.1, 0.15) is 10.4 Å². The first-order chi connectivity index (χ1) is 8.16. The highest BCUT2D eigenvalue weighted by Crippen LogP contribution is 2.06. The fourth-order valence-electron chi connectivity index (χ4n) is 1.49. The number of alkyl carbamates (subject to hydrolysis) is 1. The average molecular weight is 238 g/mol. The molecule has 90 valence electrons. The molecule has 0 aliphatic carbocycles. The van der Waals surface area contributed by atoms with Gasteiger partial charge >= 0.3 is 6.09 Å². The second kappa shape index (κ2) is 4.82. The predicted octanol–water partition coefficient (Wildman–Crippen LogP) is 0.664. The molecule has 0 spiro atoms. The largest absolute Gasteiger partial charge is 0.447 e. The topological polar surface area (TPSA) is 67.4 Å². The maximum absolute atomic E-state index is 13.2. The van der Waals surface area contributed by atoms with Crippen molar-refractivity contribution in [2.75, 3.05) is 13.2 Å². The zero-order valence-electron chi connectivity index (χ0n) is 8.90. The number of carbonyl (C=O) groups is 2. The first-order valence-electron chi connectivity index (χ1n) is 5.13. The Morgan fingerprint density at radius 3 is 2.94 bits per heavy atom. The second-order valence-corrected chi connectivity index (χ2v) is 3.63. The van der Waals surface area contributed by atoms with E-state index in [1.165, 1.54) is 18.2 Å². The van der Waals surface area contributed by atoms with Crippen molar-refractivity contribution in [3.8, 4) is 0 Å². The summed E-state index contributed by atoms with van der Waals surface area (Å²) in [5, 5.41) is 5.03. The molecule has 1 saturated heterocycles. The van der Waals surface area contributed by atoms with Gasteiger partial charge in [0.15, 0.2) is 0 Å². The second-order valence-electron chi connectivity index (χ2n) is 3.63. The summed E-state index contributed by atoms with van der Waals surface area (Å²) in [5.41, 5.74) is -0.0160. The van der Waals surface area contributed by atoms with Crippen molar-refractivity contribution in [3.05, 3.63) is 35.6 Å². The summed E-state index contributed by atoms with van der Waals surface area (Å²) in [4.78, 5) is 22.3. The number of ether oxygens (including phenoxy) is 1. The summed E-state index contributed by atoms with van der Waals surface area (Å²) in [6.07, 6.45) is -0.504. The van der Waals surface area contributed by atoms with E-state index in [1.807, 2.05) is 0 Å². The first-order valence-corrected chi connectivity index (χ1v) is 5.13. The minimum atomic E-state index is -0.572. The maximum Gasteiger partial charge on any atom is 0.407 e. The van der Waals surface area contributed by atoms with Crippen molar-refractivity contribution < 1.29 is 18.7 Å². The minimum Gasteiger partial charge on any atom is -0.447 e. The smallest absolute Gasteiger partial charge is 0.407 e. The van der Waals surface area contributed by atoms with Crippen LogP contribution in [-0.4, -0.2) is 31.2 Å². The lowest BCUT2D eigenvalue weighted by Gasteiger charge is -2.09.